The monoisotopic (exact) mass is 349 g/mol. The predicted octanol–water partition coefficient (Wildman–Crippen LogP) is 3.65. The zero-order valence-corrected chi connectivity index (χ0v) is 14.8. The van der Waals surface area contributed by atoms with Crippen LogP contribution in [0.1, 0.15) is 49.4 Å². The molecular formula is C20H23N5O. The van der Waals surface area contributed by atoms with Crippen LogP contribution in [0.25, 0.3) is 11.4 Å². The largest absolute Gasteiger partial charge is 0.339 e. The lowest BCUT2D eigenvalue weighted by Gasteiger charge is -2.30. The van der Waals surface area contributed by atoms with E-state index in [1.165, 1.54) is 18.7 Å². The number of nitrogens with zero attached hydrogens (tertiary/aromatic N) is 5. The van der Waals surface area contributed by atoms with E-state index in [0.29, 0.717) is 17.8 Å². The Bertz CT molecular complexity index is 859. The highest BCUT2D eigenvalue weighted by Gasteiger charge is 2.28. The van der Waals surface area contributed by atoms with E-state index in [1.807, 2.05) is 36.5 Å². The first-order chi connectivity index (χ1) is 12.9. The van der Waals surface area contributed by atoms with E-state index in [1.54, 1.807) is 0 Å². The minimum absolute atomic E-state index is 0.361. The van der Waals surface area contributed by atoms with Gasteiger partial charge in [0.25, 0.3) is 0 Å². The summed E-state index contributed by atoms with van der Waals surface area (Å²) < 4.78 is 7.92. The van der Waals surface area contributed by atoms with Gasteiger partial charge in [-0.25, -0.2) is 4.98 Å². The van der Waals surface area contributed by atoms with Gasteiger partial charge in [0.05, 0.1) is 6.54 Å². The molecule has 0 unspecified atom stereocenters. The number of hydrogen-bond acceptors (Lipinski definition) is 5. The molecule has 2 aliphatic rings. The Morgan fingerprint density at radius 1 is 1.04 bits per heavy atom. The Balaban J connectivity index is 1.21. The molecule has 1 aromatic carbocycles. The zero-order valence-electron chi connectivity index (χ0n) is 14.8. The zero-order chi connectivity index (χ0) is 17.3. The van der Waals surface area contributed by atoms with Crippen molar-refractivity contribution >= 4 is 0 Å². The van der Waals surface area contributed by atoms with Gasteiger partial charge in [-0.2, -0.15) is 4.98 Å². The van der Waals surface area contributed by atoms with Crippen molar-refractivity contribution in [1.29, 1.82) is 0 Å². The highest BCUT2D eigenvalue weighted by molar-refractivity contribution is 5.53. The summed E-state index contributed by atoms with van der Waals surface area (Å²) in [4.78, 5) is 11.7. The van der Waals surface area contributed by atoms with Crippen molar-refractivity contribution in [1.82, 2.24) is 24.6 Å². The van der Waals surface area contributed by atoms with Gasteiger partial charge in [0.15, 0.2) is 0 Å². The Labute approximate surface area is 152 Å². The molecule has 2 fully saturated rings. The molecule has 5 rings (SSSR count). The summed E-state index contributed by atoms with van der Waals surface area (Å²) >= 11 is 0. The molecule has 26 heavy (non-hydrogen) atoms. The first-order valence-corrected chi connectivity index (χ1v) is 9.50. The van der Waals surface area contributed by atoms with Gasteiger partial charge in [-0.3, -0.25) is 4.90 Å². The molecule has 1 saturated heterocycles. The van der Waals surface area contributed by atoms with Gasteiger partial charge in [0.1, 0.15) is 5.82 Å². The average Bonchev–Trinajstić information content (AvgIpc) is 3.23. The molecule has 0 bridgehead atoms. The second-order valence-electron chi connectivity index (χ2n) is 7.35. The summed E-state index contributed by atoms with van der Waals surface area (Å²) in [6.45, 7) is 3.03. The number of likely N-dealkylation sites (tertiary alicyclic amines) is 1. The third kappa shape index (κ3) is 3.17. The molecule has 1 saturated carbocycles. The van der Waals surface area contributed by atoms with Gasteiger partial charge in [-0.1, -0.05) is 35.5 Å². The molecule has 2 aromatic heterocycles. The standard InChI is InChI=1S/C20H23N5O/c1-2-4-15(5-3-1)19-22-20(26-23-19)16-8-11-24(12-9-16)14-18-21-10-13-25(18)17-6-7-17/h1-5,10,13,16-17H,6-9,11-12,14H2. The number of benzene rings is 1. The maximum Gasteiger partial charge on any atom is 0.230 e. The van der Waals surface area contributed by atoms with E-state index < -0.39 is 0 Å². The number of hydrogen-bond donors (Lipinski definition) is 0. The van der Waals surface area contributed by atoms with Crippen LogP contribution in [-0.2, 0) is 6.54 Å². The fraction of sp³-hybridized carbons (Fsp3) is 0.450. The fourth-order valence-electron chi connectivity index (χ4n) is 3.80. The highest BCUT2D eigenvalue weighted by Crippen LogP contribution is 2.36. The van der Waals surface area contributed by atoms with Crippen LogP contribution in [0.4, 0.5) is 0 Å². The van der Waals surface area contributed by atoms with Crippen molar-refractivity contribution in [3.63, 3.8) is 0 Å². The van der Waals surface area contributed by atoms with Crippen LogP contribution >= 0.6 is 0 Å². The van der Waals surface area contributed by atoms with Crippen LogP contribution < -0.4 is 0 Å². The molecule has 6 nitrogen and oxygen atoms in total. The van der Waals surface area contributed by atoms with Gasteiger partial charge in [-0.15, -0.1) is 0 Å². The Kier molecular flexibility index (Phi) is 4.05. The molecule has 6 heteroatoms. The normalized spacial score (nSPS) is 19.1. The molecule has 0 radical (unpaired) electrons. The van der Waals surface area contributed by atoms with E-state index in [2.05, 4.69) is 30.8 Å². The first-order valence-electron chi connectivity index (χ1n) is 9.50. The fourth-order valence-corrected chi connectivity index (χ4v) is 3.80. The van der Waals surface area contributed by atoms with Crippen molar-refractivity contribution in [3.8, 4) is 11.4 Å². The van der Waals surface area contributed by atoms with Crippen molar-refractivity contribution in [2.45, 2.75) is 44.2 Å². The van der Waals surface area contributed by atoms with Gasteiger partial charge < -0.3 is 9.09 Å². The molecule has 1 aliphatic heterocycles. The Morgan fingerprint density at radius 3 is 2.62 bits per heavy atom. The number of rotatable bonds is 5. The van der Waals surface area contributed by atoms with E-state index in [-0.39, 0.29) is 0 Å². The van der Waals surface area contributed by atoms with Crippen LogP contribution in [0.15, 0.2) is 47.2 Å². The molecule has 0 amide bonds. The first kappa shape index (κ1) is 15.8. The summed E-state index contributed by atoms with van der Waals surface area (Å²) in [7, 11) is 0. The Morgan fingerprint density at radius 2 is 1.85 bits per heavy atom. The summed E-state index contributed by atoms with van der Waals surface area (Å²) in [5.41, 5.74) is 1.01. The van der Waals surface area contributed by atoms with E-state index in [9.17, 15) is 0 Å². The summed E-state index contributed by atoms with van der Waals surface area (Å²) in [6.07, 6.45) is 8.77. The third-order valence-corrected chi connectivity index (χ3v) is 5.46. The number of aromatic nitrogens is 4. The lowest BCUT2D eigenvalue weighted by molar-refractivity contribution is 0.182. The summed E-state index contributed by atoms with van der Waals surface area (Å²) in [6, 6.07) is 10.7. The van der Waals surface area contributed by atoms with Gasteiger partial charge >= 0.3 is 0 Å². The lowest BCUT2D eigenvalue weighted by Crippen LogP contribution is -2.33. The topological polar surface area (TPSA) is 60.0 Å². The SMILES string of the molecule is c1ccc(-c2noc(C3CCN(Cc4nccn4C4CC4)CC3)n2)cc1. The maximum absolute atomic E-state index is 5.56. The molecule has 3 aromatic rings. The van der Waals surface area contributed by atoms with Gasteiger partial charge in [0.2, 0.25) is 11.7 Å². The smallest absolute Gasteiger partial charge is 0.230 e. The minimum atomic E-state index is 0.361. The maximum atomic E-state index is 5.56. The van der Waals surface area contributed by atoms with Crippen LogP contribution in [0, 0.1) is 0 Å². The van der Waals surface area contributed by atoms with Crippen molar-refractivity contribution in [2.24, 2.45) is 0 Å². The average molecular weight is 349 g/mol. The summed E-state index contributed by atoms with van der Waals surface area (Å²) in [5, 5.41) is 4.17. The van der Waals surface area contributed by atoms with Gasteiger partial charge in [0, 0.05) is 29.9 Å². The second kappa shape index (κ2) is 6.68. The van der Waals surface area contributed by atoms with E-state index in [4.69, 9.17) is 4.52 Å². The highest BCUT2D eigenvalue weighted by atomic mass is 16.5. The molecule has 3 heterocycles. The quantitative estimate of drug-likeness (QED) is 0.704. The molecule has 0 atom stereocenters. The lowest BCUT2D eigenvalue weighted by atomic mass is 9.97. The minimum Gasteiger partial charge on any atom is -0.339 e. The van der Waals surface area contributed by atoms with Crippen LogP contribution in [0.2, 0.25) is 0 Å². The number of piperidine rings is 1. The molecule has 134 valence electrons. The van der Waals surface area contributed by atoms with Crippen LogP contribution in [0.5, 0.6) is 0 Å². The molecule has 1 aliphatic carbocycles. The molecule has 0 N–H and O–H groups in total. The Hall–Kier alpha value is -2.47. The molecular weight excluding hydrogens is 326 g/mol. The van der Waals surface area contributed by atoms with Crippen LogP contribution in [-0.4, -0.2) is 37.7 Å². The van der Waals surface area contributed by atoms with E-state index >= 15 is 0 Å². The second-order valence-corrected chi connectivity index (χ2v) is 7.35. The summed E-state index contributed by atoms with van der Waals surface area (Å²) in [5.74, 6) is 3.03. The molecule has 0 spiro atoms. The van der Waals surface area contributed by atoms with Crippen molar-refractivity contribution in [2.75, 3.05) is 13.1 Å². The predicted molar refractivity (Wildman–Crippen MR) is 97.5 cm³/mol. The van der Waals surface area contributed by atoms with E-state index in [0.717, 1.165) is 43.9 Å². The number of imidazole rings is 1. The van der Waals surface area contributed by atoms with Crippen molar-refractivity contribution < 1.29 is 4.52 Å². The third-order valence-electron chi connectivity index (χ3n) is 5.46. The van der Waals surface area contributed by atoms with Crippen LogP contribution in [0.3, 0.4) is 0 Å². The van der Waals surface area contributed by atoms with Gasteiger partial charge in [-0.05, 0) is 38.8 Å². The van der Waals surface area contributed by atoms with Crippen molar-refractivity contribution in [3.05, 3.63) is 54.4 Å².